The molecule has 5 rings (SSSR count). The number of rotatable bonds is 3. The average molecular weight is 469 g/mol. The van der Waals surface area contributed by atoms with Crippen LogP contribution in [0.25, 0.3) is 21.7 Å². The van der Waals surface area contributed by atoms with Crippen molar-refractivity contribution < 1.29 is 13.9 Å². The number of carbonyl (C=O) groups excluding carboxylic acids is 1. The minimum absolute atomic E-state index is 0.104. The Hall–Kier alpha value is -2.61. The van der Waals surface area contributed by atoms with Gasteiger partial charge in [0.1, 0.15) is 16.1 Å². The van der Waals surface area contributed by atoms with Crippen LogP contribution in [0.3, 0.4) is 0 Å². The summed E-state index contributed by atoms with van der Waals surface area (Å²) in [5, 5.41) is 2.93. The van der Waals surface area contributed by atoms with Gasteiger partial charge in [0.15, 0.2) is 5.58 Å². The molecule has 33 heavy (non-hydrogen) atoms. The predicted molar refractivity (Wildman–Crippen MR) is 131 cm³/mol. The van der Waals surface area contributed by atoms with Crippen LogP contribution in [-0.2, 0) is 4.74 Å². The molecule has 2 aromatic heterocycles. The second-order valence-electron chi connectivity index (χ2n) is 10.4. The van der Waals surface area contributed by atoms with Gasteiger partial charge in [-0.15, -0.1) is 11.3 Å². The number of ether oxygens (including phenoxy) is 1. The van der Waals surface area contributed by atoms with E-state index in [1.807, 2.05) is 37.2 Å². The van der Waals surface area contributed by atoms with E-state index >= 15 is 0 Å². The quantitative estimate of drug-likeness (QED) is 0.466. The maximum Gasteiger partial charge on any atom is 0.410 e. The van der Waals surface area contributed by atoms with E-state index in [2.05, 4.69) is 35.9 Å². The Morgan fingerprint density at radius 3 is 2.55 bits per heavy atom. The molecule has 2 aliphatic rings. The Kier molecular flexibility index (Phi) is 5.59. The van der Waals surface area contributed by atoms with Gasteiger partial charge in [-0.25, -0.2) is 9.78 Å². The van der Waals surface area contributed by atoms with E-state index in [0.29, 0.717) is 25.0 Å². The molecule has 2 unspecified atom stereocenters. The lowest BCUT2D eigenvalue weighted by Crippen LogP contribution is -2.63. The third kappa shape index (κ3) is 4.33. The monoisotopic (exact) mass is 468 g/mol. The molecule has 176 valence electrons. The molecule has 2 fully saturated rings. The fraction of sp³-hybridized carbons (Fsp3) is 0.560. The van der Waals surface area contributed by atoms with E-state index in [4.69, 9.17) is 14.1 Å². The SMILES string of the molecule is CC(C)c1cc(-c2nccs2)c2oc(N3CC4CCCC(C3)N4C(=O)OC(C)(C)C)nc2c1. The number of carbonyl (C=O) groups is 1. The smallest absolute Gasteiger partial charge is 0.410 e. The van der Waals surface area contributed by atoms with Crippen molar-refractivity contribution in [2.45, 2.75) is 77.5 Å². The van der Waals surface area contributed by atoms with Crippen molar-refractivity contribution >= 4 is 34.5 Å². The summed E-state index contributed by atoms with van der Waals surface area (Å²) in [7, 11) is 0. The van der Waals surface area contributed by atoms with Crippen molar-refractivity contribution in [2.75, 3.05) is 18.0 Å². The van der Waals surface area contributed by atoms with Gasteiger partial charge in [0.05, 0.1) is 17.6 Å². The number of piperazine rings is 1. The van der Waals surface area contributed by atoms with Gasteiger partial charge in [-0.3, -0.25) is 4.90 Å². The molecule has 2 bridgehead atoms. The van der Waals surface area contributed by atoms with E-state index < -0.39 is 5.60 Å². The zero-order valence-electron chi connectivity index (χ0n) is 20.0. The van der Waals surface area contributed by atoms with Gasteiger partial charge in [-0.2, -0.15) is 4.98 Å². The summed E-state index contributed by atoms with van der Waals surface area (Å²) in [6.07, 6.45) is 4.68. The molecule has 1 aromatic carbocycles. The Balaban J connectivity index is 1.47. The van der Waals surface area contributed by atoms with Crippen LogP contribution in [-0.4, -0.2) is 51.7 Å². The molecule has 0 N–H and O–H groups in total. The number of piperidine rings is 1. The molecule has 2 saturated heterocycles. The fourth-order valence-corrected chi connectivity index (χ4v) is 5.55. The van der Waals surface area contributed by atoms with E-state index in [1.165, 1.54) is 5.56 Å². The Morgan fingerprint density at radius 1 is 1.21 bits per heavy atom. The van der Waals surface area contributed by atoms with Crippen molar-refractivity contribution in [3.63, 3.8) is 0 Å². The summed E-state index contributed by atoms with van der Waals surface area (Å²) in [4.78, 5) is 26.5. The van der Waals surface area contributed by atoms with Crippen LogP contribution in [0.2, 0.25) is 0 Å². The van der Waals surface area contributed by atoms with Crippen molar-refractivity contribution in [1.29, 1.82) is 0 Å². The standard InChI is InChI=1S/C25H32N4O3S/c1-15(2)16-11-19(22-26-9-10-33-22)21-20(12-16)27-23(31-21)28-13-17-7-6-8-18(14-28)29(17)24(30)32-25(3,4)5/h9-12,15,17-18H,6-8,13-14H2,1-5H3. The van der Waals surface area contributed by atoms with Crippen LogP contribution in [0.4, 0.5) is 10.8 Å². The highest BCUT2D eigenvalue weighted by molar-refractivity contribution is 7.13. The molecule has 0 radical (unpaired) electrons. The van der Waals surface area contributed by atoms with E-state index in [-0.39, 0.29) is 18.2 Å². The number of fused-ring (bicyclic) bond motifs is 3. The Labute approximate surface area is 198 Å². The highest BCUT2D eigenvalue weighted by atomic mass is 32.1. The summed E-state index contributed by atoms with van der Waals surface area (Å²) in [6, 6.07) is 5.14. The van der Waals surface area contributed by atoms with Crippen molar-refractivity contribution in [3.8, 4) is 10.6 Å². The van der Waals surface area contributed by atoms with Gasteiger partial charge >= 0.3 is 6.09 Å². The van der Waals surface area contributed by atoms with E-state index in [1.54, 1.807) is 11.3 Å². The number of hydrogen-bond donors (Lipinski definition) is 0. The van der Waals surface area contributed by atoms with Gasteiger partial charge in [0, 0.05) is 24.7 Å². The molecule has 7 nitrogen and oxygen atoms in total. The molecular formula is C25H32N4O3S. The number of nitrogens with zero attached hydrogens (tertiary/aromatic N) is 4. The van der Waals surface area contributed by atoms with Gasteiger partial charge in [0.25, 0.3) is 6.01 Å². The third-order valence-electron chi connectivity index (χ3n) is 6.43. The maximum absolute atomic E-state index is 12.9. The summed E-state index contributed by atoms with van der Waals surface area (Å²) in [5.41, 5.74) is 3.37. The van der Waals surface area contributed by atoms with Crippen LogP contribution in [0, 0.1) is 0 Å². The number of aromatic nitrogens is 2. The topological polar surface area (TPSA) is 71.7 Å². The third-order valence-corrected chi connectivity index (χ3v) is 7.24. The second kappa shape index (κ2) is 8.31. The lowest BCUT2D eigenvalue weighted by molar-refractivity contribution is -0.0102. The van der Waals surface area contributed by atoms with Gasteiger partial charge < -0.3 is 14.1 Å². The number of oxazole rings is 1. The summed E-state index contributed by atoms with van der Waals surface area (Å²) in [6.45, 7) is 11.5. The van der Waals surface area contributed by atoms with Crippen molar-refractivity contribution in [2.24, 2.45) is 0 Å². The molecule has 4 heterocycles. The molecular weight excluding hydrogens is 436 g/mol. The molecule has 8 heteroatoms. The first-order valence-electron chi connectivity index (χ1n) is 11.8. The minimum Gasteiger partial charge on any atom is -0.444 e. The van der Waals surface area contributed by atoms with Crippen molar-refractivity contribution in [1.82, 2.24) is 14.9 Å². The molecule has 3 aromatic rings. The van der Waals surface area contributed by atoms with E-state index in [0.717, 1.165) is 40.9 Å². The lowest BCUT2D eigenvalue weighted by atomic mass is 9.92. The molecule has 2 atom stereocenters. The van der Waals surface area contributed by atoms with Gasteiger partial charge in [-0.05, 0) is 63.6 Å². The Bertz CT molecular complexity index is 1130. The molecule has 2 aliphatic heterocycles. The predicted octanol–water partition coefficient (Wildman–Crippen LogP) is 6.05. The normalized spacial score (nSPS) is 21.2. The van der Waals surface area contributed by atoms with Crippen LogP contribution >= 0.6 is 11.3 Å². The highest BCUT2D eigenvalue weighted by Crippen LogP contribution is 2.38. The Morgan fingerprint density at radius 2 is 1.94 bits per heavy atom. The summed E-state index contributed by atoms with van der Waals surface area (Å²) in [5.74, 6) is 0.380. The number of hydrogen-bond acceptors (Lipinski definition) is 7. The van der Waals surface area contributed by atoms with E-state index in [9.17, 15) is 4.79 Å². The van der Waals surface area contributed by atoms with Crippen LogP contribution in [0.15, 0.2) is 28.1 Å². The number of benzene rings is 1. The summed E-state index contributed by atoms with van der Waals surface area (Å²) < 4.78 is 12.1. The molecule has 1 amide bonds. The first kappa shape index (κ1) is 22.2. The van der Waals surface area contributed by atoms with Crippen LogP contribution in [0.5, 0.6) is 0 Å². The number of amides is 1. The summed E-state index contributed by atoms with van der Waals surface area (Å²) >= 11 is 1.61. The fourth-order valence-electron chi connectivity index (χ4n) is 4.90. The molecule has 0 aliphatic carbocycles. The van der Waals surface area contributed by atoms with Crippen LogP contribution in [0.1, 0.15) is 65.4 Å². The maximum atomic E-state index is 12.9. The molecule has 0 spiro atoms. The van der Waals surface area contributed by atoms with Gasteiger partial charge in [-0.1, -0.05) is 13.8 Å². The molecule has 0 saturated carbocycles. The lowest BCUT2D eigenvalue weighted by Gasteiger charge is -2.49. The number of thiazole rings is 1. The zero-order chi connectivity index (χ0) is 23.3. The first-order valence-corrected chi connectivity index (χ1v) is 12.7. The second-order valence-corrected chi connectivity index (χ2v) is 11.3. The minimum atomic E-state index is -0.497. The van der Waals surface area contributed by atoms with Gasteiger partial charge in [0.2, 0.25) is 0 Å². The largest absolute Gasteiger partial charge is 0.444 e. The first-order chi connectivity index (χ1) is 15.7. The highest BCUT2D eigenvalue weighted by Gasteiger charge is 2.43. The average Bonchev–Trinajstić information content (AvgIpc) is 3.40. The van der Waals surface area contributed by atoms with Crippen LogP contribution < -0.4 is 4.90 Å². The number of anilines is 1. The van der Waals surface area contributed by atoms with Crippen molar-refractivity contribution in [3.05, 3.63) is 29.3 Å². The zero-order valence-corrected chi connectivity index (χ0v) is 20.8.